The van der Waals surface area contributed by atoms with E-state index in [1.54, 1.807) is 13.8 Å². The molecule has 0 N–H and O–H groups in total. The molecule has 1 aliphatic carbocycles. The lowest BCUT2D eigenvalue weighted by molar-refractivity contribution is -0.312. The lowest BCUT2D eigenvalue weighted by Gasteiger charge is -2.38. The van der Waals surface area contributed by atoms with Crippen molar-refractivity contribution in [2.75, 3.05) is 0 Å². The summed E-state index contributed by atoms with van der Waals surface area (Å²) >= 11 is 0. The van der Waals surface area contributed by atoms with Gasteiger partial charge in [-0.05, 0) is 31.8 Å². The summed E-state index contributed by atoms with van der Waals surface area (Å²) in [6, 6.07) is 0. The molecule has 1 rings (SSSR count). The Labute approximate surface area is 98.1 Å². The van der Waals surface area contributed by atoms with Gasteiger partial charge in [-0.3, -0.25) is 0 Å². The van der Waals surface area contributed by atoms with E-state index in [1.165, 1.54) is 6.08 Å². The molecule has 0 spiro atoms. The van der Waals surface area contributed by atoms with Crippen molar-refractivity contribution in [3.05, 3.63) is 24.0 Å². The van der Waals surface area contributed by atoms with Gasteiger partial charge >= 0.3 is 6.36 Å². The molecular formula is C12H16F4O. The fraction of sp³-hybridized carbons (Fsp3) is 0.667. The maximum Gasteiger partial charge on any atom is 0.572 e. The van der Waals surface area contributed by atoms with E-state index < -0.39 is 24.4 Å². The van der Waals surface area contributed by atoms with Gasteiger partial charge in [-0.2, -0.15) is 0 Å². The lowest BCUT2D eigenvalue weighted by atomic mass is 9.72. The first-order valence-electron chi connectivity index (χ1n) is 5.45. The van der Waals surface area contributed by atoms with Crippen molar-refractivity contribution in [3.8, 4) is 0 Å². The van der Waals surface area contributed by atoms with Crippen molar-refractivity contribution >= 4 is 0 Å². The zero-order chi connectivity index (χ0) is 13.2. The molecule has 98 valence electrons. The Bertz CT molecular complexity index is 319. The van der Waals surface area contributed by atoms with Gasteiger partial charge in [0.1, 0.15) is 11.9 Å². The Morgan fingerprint density at radius 2 is 2.06 bits per heavy atom. The maximum absolute atomic E-state index is 13.0. The van der Waals surface area contributed by atoms with Crippen LogP contribution in [-0.4, -0.2) is 12.5 Å². The van der Waals surface area contributed by atoms with Crippen molar-refractivity contribution < 1.29 is 22.3 Å². The van der Waals surface area contributed by atoms with Crippen molar-refractivity contribution in [1.29, 1.82) is 0 Å². The Morgan fingerprint density at radius 3 is 2.41 bits per heavy atom. The predicted molar refractivity (Wildman–Crippen MR) is 56.8 cm³/mol. The van der Waals surface area contributed by atoms with Crippen LogP contribution >= 0.6 is 0 Å². The third kappa shape index (κ3) is 4.06. The molecule has 0 heterocycles. The lowest BCUT2D eigenvalue weighted by Crippen LogP contribution is -2.39. The number of ether oxygens (including phenoxy) is 1. The summed E-state index contributed by atoms with van der Waals surface area (Å²) in [6.07, 6.45) is -4.00. The number of allylic oxidation sites excluding steroid dienone is 3. The molecule has 0 aromatic rings. The Balaban J connectivity index is 2.73. The van der Waals surface area contributed by atoms with E-state index in [4.69, 9.17) is 0 Å². The third-order valence-corrected chi connectivity index (χ3v) is 2.94. The van der Waals surface area contributed by atoms with Gasteiger partial charge in [0.15, 0.2) is 0 Å². The topological polar surface area (TPSA) is 9.23 Å². The molecular weight excluding hydrogens is 236 g/mol. The molecule has 0 radical (unpaired) electrons. The molecule has 1 saturated carbocycles. The van der Waals surface area contributed by atoms with Crippen molar-refractivity contribution in [3.63, 3.8) is 0 Å². The van der Waals surface area contributed by atoms with Gasteiger partial charge in [-0.25, -0.2) is 4.39 Å². The monoisotopic (exact) mass is 252 g/mol. The number of hydrogen-bond acceptors (Lipinski definition) is 1. The molecule has 3 atom stereocenters. The SMILES string of the molecule is C=C(C)C/C=C(\OC(F)(F)F)C1CC(F)C1C. The second-order valence-electron chi connectivity index (χ2n) is 4.53. The van der Waals surface area contributed by atoms with Gasteiger partial charge in [-0.15, -0.1) is 13.2 Å². The molecule has 5 heteroatoms. The minimum absolute atomic E-state index is 0.0965. The summed E-state index contributed by atoms with van der Waals surface area (Å²) in [7, 11) is 0. The summed E-state index contributed by atoms with van der Waals surface area (Å²) in [5.41, 5.74) is 0.733. The van der Waals surface area contributed by atoms with E-state index >= 15 is 0 Å². The first-order valence-corrected chi connectivity index (χ1v) is 5.45. The fourth-order valence-corrected chi connectivity index (χ4v) is 1.78. The molecule has 1 nitrogen and oxygen atoms in total. The van der Waals surface area contributed by atoms with Gasteiger partial charge in [0.2, 0.25) is 0 Å². The number of alkyl halides is 4. The fourth-order valence-electron chi connectivity index (χ4n) is 1.78. The second kappa shape index (κ2) is 5.10. The number of hydrogen-bond donors (Lipinski definition) is 0. The average Bonchev–Trinajstić information content (AvgIpc) is 2.18. The normalized spacial score (nSPS) is 29.8. The summed E-state index contributed by atoms with van der Waals surface area (Å²) in [5, 5.41) is 0. The van der Waals surface area contributed by atoms with Gasteiger partial charge in [0.05, 0.1) is 0 Å². The van der Waals surface area contributed by atoms with E-state index in [2.05, 4.69) is 11.3 Å². The Hall–Kier alpha value is -1.00. The van der Waals surface area contributed by atoms with Crippen LogP contribution in [0.2, 0.25) is 0 Å². The van der Waals surface area contributed by atoms with Crippen LogP contribution in [0.15, 0.2) is 24.0 Å². The van der Waals surface area contributed by atoms with Crippen LogP contribution in [0.5, 0.6) is 0 Å². The molecule has 0 aromatic carbocycles. The molecule has 0 bridgehead atoms. The minimum atomic E-state index is -4.72. The molecule has 1 fully saturated rings. The molecule has 0 aromatic heterocycles. The van der Waals surface area contributed by atoms with Crippen molar-refractivity contribution in [2.45, 2.75) is 39.2 Å². The third-order valence-electron chi connectivity index (χ3n) is 2.94. The highest BCUT2D eigenvalue weighted by molar-refractivity contribution is 5.11. The van der Waals surface area contributed by atoms with Crippen molar-refractivity contribution in [2.24, 2.45) is 11.8 Å². The zero-order valence-corrected chi connectivity index (χ0v) is 9.85. The minimum Gasteiger partial charge on any atom is -0.410 e. The molecule has 0 amide bonds. The van der Waals surface area contributed by atoms with Crippen LogP contribution in [0, 0.1) is 11.8 Å². The van der Waals surface area contributed by atoms with E-state index in [0.29, 0.717) is 6.42 Å². The predicted octanol–water partition coefficient (Wildman–Crippen LogP) is 4.37. The highest BCUT2D eigenvalue weighted by Gasteiger charge is 2.44. The van der Waals surface area contributed by atoms with Gasteiger partial charge in [-0.1, -0.05) is 19.1 Å². The molecule has 3 unspecified atom stereocenters. The standard InChI is InChI=1S/C12H16F4O/c1-7(2)4-5-11(17-12(14,15)16)9-6-10(13)8(9)3/h5,8-10H,1,4,6H2,2-3H3/b11-5-. The maximum atomic E-state index is 13.0. The first-order chi connectivity index (χ1) is 7.70. The van der Waals surface area contributed by atoms with Gasteiger partial charge in [0.25, 0.3) is 0 Å². The van der Waals surface area contributed by atoms with Crippen LogP contribution in [0.25, 0.3) is 0 Å². The summed E-state index contributed by atoms with van der Waals surface area (Å²) in [6.45, 7) is 6.91. The van der Waals surface area contributed by atoms with Gasteiger partial charge < -0.3 is 4.74 Å². The number of halogens is 4. The molecule has 1 aliphatic rings. The van der Waals surface area contributed by atoms with Crippen LogP contribution < -0.4 is 0 Å². The second-order valence-corrected chi connectivity index (χ2v) is 4.53. The van der Waals surface area contributed by atoms with Crippen LogP contribution in [0.1, 0.15) is 26.7 Å². The zero-order valence-electron chi connectivity index (χ0n) is 9.85. The Morgan fingerprint density at radius 1 is 1.47 bits per heavy atom. The molecule has 0 aliphatic heterocycles. The van der Waals surface area contributed by atoms with Gasteiger partial charge in [0, 0.05) is 5.92 Å². The highest BCUT2D eigenvalue weighted by Crippen LogP contribution is 2.43. The molecule has 0 saturated heterocycles. The smallest absolute Gasteiger partial charge is 0.410 e. The quantitative estimate of drug-likeness (QED) is 0.410. The Kier molecular flexibility index (Phi) is 4.22. The summed E-state index contributed by atoms with van der Waals surface area (Å²) in [4.78, 5) is 0. The molecule has 17 heavy (non-hydrogen) atoms. The summed E-state index contributed by atoms with van der Waals surface area (Å²) < 4.78 is 53.5. The number of rotatable bonds is 4. The average molecular weight is 252 g/mol. The van der Waals surface area contributed by atoms with E-state index in [1.807, 2.05) is 0 Å². The first kappa shape index (κ1) is 14.1. The van der Waals surface area contributed by atoms with Crippen LogP contribution in [0.4, 0.5) is 17.6 Å². The van der Waals surface area contributed by atoms with E-state index in [-0.39, 0.29) is 12.2 Å². The van der Waals surface area contributed by atoms with E-state index in [0.717, 1.165) is 5.57 Å². The highest BCUT2D eigenvalue weighted by atomic mass is 19.4. The van der Waals surface area contributed by atoms with E-state index in [9.17, 15) is 17.6 Å². The van der Waals surface area contributed by atoms with Crippen LogP contribution in [-0.2, 0) is 4.74 Å². The van der Waals surface area contributed by atoms with Crippen LogP contribution in [0.3, 0.4) is 0 Å². The summed E-state index contributed by atoms with van der Waals surface area (Å²) in [5.74, 6) is -1.08. The van der Waals surface area contributed by atoms with Crippen molar-refractivity contribution in [1.82, 2.24) is 0 Å². The largest absolute Gasteiger partial charge is 0.572 e.